The van der Waals surface area contributed by atoms with Gasteiger partial charge >= 0.3 is 0 Å². The molecule has 0 unspecified atom stereocenters. The molecular weight excluding hydrogens is 312 g/mol. The van der Waals surface area contributed by atoms with E-state index in [2.05, 4.69) is 50.1 Å². The van der Waals surface area contributed by atoms with Crippen LogP contribution in [0, 0.1) is 6.92 Å². The Kier molecular flexibility index (Phi) is 6.57. The Morgan fingerprint density at radius 2 is 1.84 bits per heavy atom. The summed E-state index contributed by atoms with van der Waals surface area (Å²) in [5.41, 5.74) is 3.65. The topological polar surface area (TPSA) is 54.4 Å². The molecule has 0 aliphatic heterocycles. The monoisotopic (exact) mass is 342 g/mol. The van der Waals surface area contributed by atoms with Gasteiger partial charge in [-0.1, -0.05) is 32.9 Å². The molecule has 0 spiro atoms. The van der Waals surface area contributed by atoms with E-state index in [1.54, 1.807) is 12.4 Å². The van der Waals surface area contributed by atoms with Crippen LogP contribution in [-0.4, -0.2) is 29.3 Å². The first-order chi connectivity index (χ1) is 11.8. The number of hydrogen-bond donors (Lipinski definition) is 2. The second-order valence-corrected chi connectivity index (χ2v) is 7.61. The van der Waals surface area contributed by atoms with E-state index in [0.29, 0.717) is 6.54 Å². The number of nitrogens with zero attached hydrogens (tertiary/aromatic N) is 1. The van der Waals surface area contributed by atoms with Gasteiger partial charge in [-0.3, -0.25) is 4.98 Å². The zero-order chi connectivity index (χ0) is 18.4. The maximum Gasteiger partial charge on any atom is 0.122 e. The summed E-state index contributed by atoms with van der Waals surface area (Å²) >= 11 is 0. The van der Waals surface area contributed by atoms with Gasteiger partial charge in [0.15, 0.2) is 0 Å². The molecule has 2 atom stereocenters. The lowest BCUT2D eigenvalue weighted by Crippen LogP contribution is -2.33. The average Bonchev–Trinajstić information content (AvgIpc) is 2.58. The summed E-state index contributed by atoms with van der Waals surface area (Å²) in [6, 6.07) is 10.4. The highest BCUT2D eigenvalue weighted by Crippen LogP contribution is 2.27. The van der Waals surface area contributed by atoms with Crippen LogP contribution >= 0.6 is 0 Å². The Balaban J connectivity index is 1.83. The van der Waals surface area contributed by atoms with Crippen molar-refractivity contribution in [2.75, 3.05) is 13.2 Å². The molecule has 0 amide bonds. The normalized spacial score (nSPS) is 14.2. The minimum atomic E-state index is -0.564. The number of aryl methyl sites for hydroxylation is 1. The Morgan fingerprint density at radius 3 is 2.44 bits per heavy atom. The fourth-order valence-electron chi connectivity index (χ4n) is 2.61. The lowest BCUT2D eigenvalue weighted by atomic mass is 9.86. The zero-order valence-electron chi connectivity index (χ0n) is 15.9. The fraction of sp³-hybridized carbons (Fsp3) is 0.476. The average molecular weight is 342 g/mol. The van der Waals surface area contributed by atoms with Crippen LogP contribution < -0.4 is 10.1 Å². The van der Waals surface area contributed by atoms with Crippen molar-refractivity contribution in [3.05, 3.63) is 59.4 Å². The number of hydrogen-bond acceptors (Lipinski definition) is 4. The molecule has 4 heteroatoms. The first-order valence-corrected chi connectivity index (χ1v) is 8.82. The Labute approximate surface area is 151 Å². The highest BCUT2D eigenvalue weighted by molar-refractivity contribution is 5.38. The maximum absolute atomic E-state index is 10.2. The predicted molar refractivity (Wildman–Crippen MR) is 102 cm³/mol. The van der Waals surface area contributed by atoms with Gasteiger partial charge < -0.3 is 15.2 Å². The van der Waals surface area contributed by atoms with Crippen molar-refractivity contribution in [1.82, 2.24) is 10.3 Å². The third kappa shape index (κ3) is 5.83. The van der Waals surface area contributed by atoms with Gasteiger partial charge in [-0.25, -0.2) is 0 Å². The molecule has 2 aromatic rings. The maximum atomic E-state index is 10.2. The molecule has 1 aromatic carbocycles. The summed E-state index contributed by atoms with van der Waals surface area (Å²) in [4.78, 5) is 4.02. The standard InChI is InChI=1S/C21H30N2O2/c1-15-12-18(21(3,4)5)6-7-20(15)25-14-19(24)13-23-16(2)17-8-10-22-11-9-17/h6-12,16,19,23-24H,13-14H2,1-5H3/t16-,19-/m0/s1. The molecule has 0 aliphatic carbocycles. The SMILES string of the molecule is Cc1cc(C(C)(C)C)ccc1OC[C@@H](O)CN[C@@H](C)c1ccncc1. The molecule has 2 rings (SSSR count). The summed E-state index contributed by atoms with van der Waals surface area (Å²) in [5, 5.41) is 13.5. The van der Waals surface area contributed by atoms with E-state index < -0.39 is 6.10 Å². The highest BCUT2D eigenvalue weighted by atomic mass is 16.5. The highest BCUT2D eigenvalue weighted by Gasteiger charge is 2.15. The van der Waals surface area contributed by atoms with Gasteiger partial charge in [-0.05, 0) is 54.2 Å². The van der Waals surface area contributed by atoms with Crippen LogP contribution in [0.25, 0.3) is 0 Å². The molecule has 1 heterocycles. The molecule has 25 heavy (non-hydrogen) atoms. The zero-order valence-corrected chi connectivity index (χ0v) is 15.9. The number of aliphatic hydroxyl groups excluding tert-OH is 1. The summed E-state index contributed by atoms with van der Waals surface area (Å²) in [7, 11) is 0. The molecule has 1 aromatic heterocycles. The van der Waals surface area contributed by atoms with E-state index >= 15 is 0 Å². The van der Waals surface area contributed by atoms with Crippen LogP contribution in [-0.2, 0) is 5.41 Å². The Morgan fingerprint density at radius 1 is 1.16 bits per heavy atom. The molecule has 136 valence electrons. The summed E-state index contributed by atoms with van der Waals surface area (Å²) in [5.74, 6) is 0.828. The van der Waals surface area contributed by atoms with Crippen LogP contribution in [0.2, 0.25) is 0 Å². The minimum Gasteiger partial charge on any atom is -0.491 e. The van der Waals surface area contributed by atoms with E-state index in [9.17, 15) is 5.11 Å². The van der Waals surface area contributed by atoms with Crippen LogP contribution in [0.15, 0.2) is 42.7 Å². The van der Waals surface area contributed by atoms with Crippen molar-refractivity contribution in [3.8, 4) is 5.75 Å². The van der Waals surface area contributed by atoms with Gasteiger partial charge in [0.1, 0.15) is 18.5 Å². The second kappa shape index (κ2) is 8.45. The number of aromatic nitrogens is 1. The van der Waals surface area contributed by atoms with Crippen molar-refractivity contribution in [1.29, 1.82) is 0 Å². The summed E-state index contributed by atoms with van der Waals surface area (Å²) < 4.78 is 5.80. The molecule has 4 nitrogen and oxygen atoms in total. The van der Waals surface area contributed by atoms with E-state index in [1.165, 1.54) is 5.56 Å². The fourth-order valence-corrected chi connectivity index (χ4v) is 2.61. The molecular formula is C21H30N2O2. The van der Waals surface area contributed by atoms with Crippen LogP contribution in [0.4, 0.5) is 0 Å². The number of rotatable bonds is 7. The largest absolute Gasteiger partial charge is 0.491 e. The molecule has 0 saturated heterocycles. The van der Waals surface area contributed by atoms with Gasteiger partial charge in [0.05, 0.1) is 0 Å². The molecule has 0 bridgehead atoms. The smallest absolute Gasteiger partial charge is 0.122 e. The van der Waals surface area contributed by atoms with Crippen molar-refractivity contribution in [2.24, 2.45) is 0 Å². The van der Waals surface area contributed by atoms with Gasteiger partial charge in [-0.15, -0.1) is 0 Å². The quantitative estimate of drug-likeness (QED) is 0.804. The van der Waals surface area contributed by atoms with Crippen molar-refractivity contribution < 1.29 is 9.84 Å². The number of pyridine rings is 1. The predicted octanol–water partition coefficient (Wildman–Crippen LogP) is 3.78. The lowest BCUT2D eigenvalue weighted by molar-refractivity contribution is 0.104. The van der Waals surface area contributed by atoms with E-state index in [-0.39, 0.29) is 18.1 Å². The third-order valence-electron chi connectivity index (χ3n) is 4.34. The number of ether oxygens (including phenoxy) is 1. The van der Waals surface area contributed by atoms with Gasteiger partial charge in [0, 0.05) is 25.0 Å². The van der Waals surface area contributed by atoms with E-state index in [4.69, 9.17) is 4.74 Å². The minimum absolute atomic E-state index is 0.121. The van der Waals surface area contributed by atoms with Crippen LogP contribution in [0.3, 0.4) is 0 Å². The molecule has 0 saturated carbocycles. The molecule has 2 N–H and O–H groups in total. The van der Waals surface area contributed by atoms with Crippen molar-refractivity contribution in [2.45, 2.75) is 52.2 Å². The van der Waals surface area contributed by atoms with Crippen molar-refractivity contribution in [3.63, 3.8) is 0 Å². The molecule has 0 radical (unpaired) electrons. The number of nitrogens with one attached hydrogen (secondary N) is 1. The van der Waals surface area contributed by atoms with Crippen LogP contribution in [0.5, 0.6) is 5.75 Å². The third-order valence-corrected chi connectivity index (χ3v) is 4.34. The molecule has 0 aliphatic rings. The van der Waals surface area contributed by atoms with E-state index in [1.807, 2.05) is 25.1 Å². The van der Waals surface area contributed by atoms with E-state index in [0.717, 1.165) is 16.9 Å². The lowest BCUT2D eigenvalue weighted by Gasteiger charge is -2.21. The van der Waals surface area contributed by atoms with Crippen LogP contribution in [0.1, 0.15) is 50.4 Å². The van der Waals surface area contributed by atoms with Gasteiger partial charge in [0.2, 0.25) is 0 Å². The Hall–Kier alpha value is -1.91. The first-order valence-electron chi connectivity index (χ1n) is 8.82. The summed E-state index contributed by atoms with van der Waals surface area (Å²) in [6.45, 7) is 11.4. The molecule has 0 fully saturated rings. The first kappa shape index (κ1) is 19.4. The van der Waals surface area contributed by atoms with Gasteiger partial charge in [0.25, 0.3) is 0 Å². The number of aliphatic hydroxyl groups is 1. The Bertz CT molecular complexity index is 665. The summed E-state index contributed by atoms with van der Waals surface area (Å²) in [6.07, 6.45) is 2.99. The van der Waals surface area contributed by atoms with Crippen molar-refractivity contribution >= 4 is 0 Å². The van der Waals surface area contributed by atoms with Gasteiger partial charge in [-0.2, -0.15) is 0 Å². The second-order valence-electron chi connectivity index (χ2n) is 7.61. The number of benzene rings is 1.